The summed E-state index contributed by atoms with van der Waals surface area (Å²) in [4.78, 5) is 0. The molecule has 15 heavy (non-hydrogen) atoms. The lowest BCUT2D eigenvalue weighted by Crippen LogP contribution is -2.48. The zero-order chi connectivity index (χ0) is 12.7. The van der Waals surface area contributed by atoms with Crippen LogP contribution in [0.15, 0.2) is 0 Å². The highest BCUT2D eigenvalue weighted by molar-refractivity contribution is 6.51. The lowest BCUT2D eigenvalue weighted by atomic mass is 10.6. The molecule has 0 aliphatic rings. The van der Waals surface area contributed by atoms with Gasteiger partial charge in [0.15, 0.2) is 0 Å². The predicted molar refractivity (Wildman–Crippen MR) is 46.8 cm³/mol. The minimum atomic E-state index is -4.89. The molecule has 0 saturated heterocycles. The van der Waals surface area contributed by atoms with Crippen LogP contribution in [0.2, 0.25) is 0 Å². The Morgan fingerprint density at radius 3 is 1.20 bits per heavy atom. The Morgan fingerprint density at radius 1 is 0.667 bits per heavy atom. The van der Waals surface area contributed by atoms with E-state index in [9.17, 15) is 22.0 Å². The molecule has 2 unspecified atom stereocenters. The van der Waals surface area contributed by atoms with Gasteiger partial charge >= 0.3 is 20.6 Å². The van der Waals surface area contributed by atoms with Crippen molar-refractivity contribution in [1.29, 1.82) is 0 Å². The van der Waals surface area contributed by atoms with Gasteiger partial charge in [-0.05, 0) is 34.8 Å². The number of hydrogen-bond donors (Lipinski definition) is 0. The Labute approximate surface area is 105 Å². The Bertz CT molecular complexity index is 209. The SMILES string of the molecule is FC(F)(Cl)C(F)(Cl)OC(F)(Cl)C(F)(Cl)Cl. The summed E-state index contributed by atoms with van der Waals surface area (Å²) in [5.74, 6) is 0. The summed E-state index contributed by atoms with van der Waals surface area (Å²) in [7, 11) is 0. The average Bonchev–Trinajstić information content (AvgIpc) is 1.77. The van der Waals surface area contributed by atoms with Gasteiger partial charge in [0.25, 0.3) is 0 Å². The molecular formula is C4Cl5F5O. The van der Waals surface area contributed by atoms with E-state index in [1.54, 1.807) is 0 Å². The highest BCUT2D eigenvalue weighted by atomic mass is 35.5. The largest absolute Gasteiger partial charge is 0.394 e. The van der Waals surface area contributed by atoms with Gasteiger partial charge in [0.05, 0.1) is 0 Å². The molecule has 1 nitrogen and oxygen atoms in total. The van der Waals surface area contributed by atoms with E-state index in [1.165, 1.54) is 0 Å². The summed E-state index contributed by atoms with van der Waals surface area (Å²) in [6, 6.07) is 0. The molecule has 0 aromatic carbocycles. The van der Waals surface area contributed by atoms with Crippen LogP contribution in [0, 0.1) is 0 Å². The monoisotopic (exact) mass is 334 g/mol. The van der Waals surface area contributed by atoms with Crippen molar-refractivity contribution in [3.8, 4) is 0 Å². The van der Waals surface area contributed by atoms with Gasteiger partial charge in [-0.2, -0.15) is 22.0 Å². The molecule has 0 N–H and O–H groups in total. The molecule has 0 aromatic heterocycles. The van der Waals surface area contributed by atoms with Crippen LogP contribution in [0.1, 0.15) is 0 Å². The van der Waals surface area contributed by atoms with Gasteiger partial charge in [-0.15, -0.1) is 0 Å². The molecule has 0 spiro atoms. The first-order valence-electron chi connectivity index (χ1n) is 2.80. The van der Waals surface area contributed by atoms with Crippen molar-refractivity contribution in [1.82, 2.24) is 0 Å². The molecule has 0 aromatic rings. The highest BCUT2D eigenvalue weighted by Gasteiger charge is 2.64. The van der Waals surface area contributed by atoms with Crippen LogP contribution in [-0.2, 0) is 4.74 Å². The van der Waals surface area contributed by atoms with E-state index in [0.29, 0.717) is 0 Å². The summed E-state index contributed by atoms with van der Waals surface area (Å²) >= 11 is 21.7. The molecule has 2 atom stereocenters. The van der Waals surface area contributed by atoms with E-state index >= 15 is 0 Å². The number of alkyl halides is 10. The normalized spacial score (nSPS) is 22.0. The van der Waals surface area contributed by atoms with Crippen LogP contribution in [0.4, 0.5) is 22.0 Å². The van der Waals surface area contributed by atoms with Crippen molar-refractivity contribution < 1.29 is 26.7 Å². The first-order chi connectivity index (χ1) is 6.21. The zero-order valence-electron chi connectivity index (χ0n) is 6.19. The lowest BCUT2D eigenvalue weighted by molar-refractivity contribution is -0.266. The predicted octanol–water partition coefficient (Wildman–Crippen LogP) is 4.66. The molecule has 0 aliphatic carbocycles. The summed E-state index contributed by atoms with van der Waals surface area (Å²) in [5.41, 5.74) is 0. The van der Waals surface area contributed by atoms with Gasteiger partial charge in [-0.3, -0.25) is 4.74 Å². The summed E-state index contributed by atoms with van der Waals surface area (Å²) in [6.07, 6.45) is 0. The Kier molecular flexibility index (Phi) is 4.69. The third-order valence-corrected chi connectivity index (χ3v) is 2.59. The number of rotatable bonds is 4. The molecule has 0 aliphatic heterocycles. The van der Waals surface area contributed by atoms with Crippen LogP contribution in [0.3, 0.4) is 0 Å². The summed E-state index contributed by atoms with van der Waals surface area (Å²) < 4.78 is 61.2. The van der Waals surface area contributed by atoms with Crippen molar-refractivity contribution in [2.24, 2.45) is 0 Å². The fraction of sp³-hybridized carbons (Fsp3) is 1.00. The minimum Gasteiger partial charge on any atom is -0.272 e. The molecule has 0 bridgehead atoms. The lowest BCUT2D eigenvalue weighted by Gasteiger charge is -2.31. The number of ether oxygens (including phenoxy) is 1. The fourth-order valence-electron chi connectivity index (χ4n) is 0.277. The number of hydrogen-bond acceptors (Lipinski definition) is 1. The smallest absolute Gasteiger partial charge is 0.272 e. The second-order valence-corrected chi connectivity index (χ2v) is 4.81. The van der Waals surface area contributed by atoms with Gasteiger partial charge in [-0.25, -0.2) is 0 Å². The van der Waals surface area contributed by atoms with E-state index in [0.717, 1.165) is 0 Å². The van der Waals surface area contributed by atoms with E-state index in [-0.39, 0.29) is 0 Å². The van der Waals surface area contributed by atoms with Crippen molar-refractivity contribution in [3.05, 3.63) is 0 Å². The molecule has 0 fully saturated rings. The zero-order valence-corrected chi connectivity index (χ0v) is 9.97. The van der Waals surface area contributed by atoms with Crippen LogP contribution in [0.5, 0.6) is 0 Å². The summed E-state index contributed by atoms with van der Waals surface area (Å²) in [6.45, 7) is 0. The number of halogens is 10. The van der Waals surface area contributed by atoms with Gasteiger partial charge in [0, 0.05) is 0 Å². The van der Waals surface area contributed by atoms with Crippen molar-refractivity contribution in [2.45, 2.75) is 20.6 Å². The third-order valence-electron chi connectivity index (χ3n) is 0.916. The second-order valence-electron chi connectivity index (χ2n) is 2.13. The van der Waals surface area contributed by atoms with Crippen molar-refractivity contribution in [3.63, 3.8) is 0 Å². The maximum Gasteiger partial charge on any atom is 0.394 e. The van der Waals surface area contributed by atoms with E-state index in [4.69, 9.17) is 0 Å². The fourth-order valence-corrected chi connectivity index (χ4v) is 0.645. The quantitative estimate of drug-likeness (QED) is 0.536. The standard InChI is InChI=1S/C4Cl5F5O/c5-1(6,10)3(8,13)15-4(9,14)2(7,11)12. The molecule has 0 radical (unpaired) electrons. The van der Waals surface area contributed by atoms with Crippen molar-refractivity contribution >= 4 is 58.0 Å². The minimum absolute atomic E-state index is 3.03. The molecule has 92 valence electrons. The summed E-state index contributed by atoms with van der Waals surface area (Å²) in [5, 5.41) is -13.9. The molecule has 0 saturated carbocycles. The second kappa shape index (κ2) is 4.38. The van der Waals surface area contributed by atoms with Crippen LogP contribution >= 0.6 is 58.0 Å². The molecular weight excluding hydrogens is 336 g/mol. The van der Waals surface area contributed by atoms with Crippen molar-refractivity contribution in [2.75, 3.05) is 0 Å². The molecule has 11 heteroatoms. The van der Waals surface area contributed by atoms with Crippen LogP contribution < -0.4 is 0 Å². The Hall–Kier alpha value is 1.06. The molecule has 0 heterocycles. The van der Waals surface area contributed by atoms with E-state index in [1.807, 2.05) is 0 Å². The average molecular weight is 336 g/mol. The first kappa shape index (κ1) is 16.1. The highest BCUT2D eigenvalue weighted by Crippen LogP contribution is 2.50. The third kappa shape index (κ3) is 4.09. The van der Waals surface area contributed by atoms with E-state index in [2.05, 4.69) is 62.7 Å². The van der Waals surface area contributed by atoms with Crippen LogP contribution in [-0.4, -0.2) is 20.6 Å². The topological polar surface area (TPSA) is 9.23 Å². The molecule has 0 amide bonds. The van der Waals surface area contributed by atoms with Gasteiger partial charge in [0.2, 0.25) is 0 Å². The van der Waals surface area contributed by atoms with Crippen LogP contribution in [0.25, 0.3) is 0 Å². The van der Waals surface area contributed by atoms with Gasteiger partial charge in [0.1, 0.15) is 0 Å². The first-order valence-corrected chi connectivity index (χ1v) is 4.69. The maximum absolute atomic E-state index is 12.8. The van der Waals surface area contributed by atoms with E-state index < -0.39 is 20.6 Å². The Balaban J connectivity index is 4.89. The maximum atomic E-state index is 12.8. The Morgan fingerprint density at radius 2 is 1.00 bits per heavy atom. The van der Waals surface area contributed by atoms with Gasteiger partial charge < -0.3 is 0 Å². The molecule has 0 rings (SSSR count). The van der Waals surface area contributed by atoms with Gasteiger partial charge in [-0.1, -0.05) is 23.2 Å².